The Hall–Kier alpha value is -2.31. The van der Waals surface area contributed by atoms with Crippen molar-refractivity contribution in [1.29, 1.82) is 0 Å². The third kappa shape index (κ3) is 4.08. The Balaban J connectivity index is 2.13. The molecule has 1 aromatic carbocycles. The van der Waals surface area contributed by atoms with Crippen LogP contribution in [0.5, 0.6) is 0 Å². The molecule has 2 aromatic heterocycles. The molecule has 0 aliphatic heterocycles. The molecule has 0 fully saturated rings. The van der Waals surface area contributed by atoms with Crippen LogP contribution in [0.1, 0.15) is 50.1 Å². The molecule has 0 bridgehead atoms. The fourth-order valence-electron chi connectivity index (χ4n) is 3.66. The van der Waals surface area contributed by atoms with Crippen molar-refractivity contribution in [1.82, 2.24) is 14.8 Å². The highest BCUT2D eigenvalue weighted by Gasteiger charge is 2.28. The molecule has 0 radical (unpaired) electrons. The van der Waals surface area contributed by atoms with E-state index < -0.39 is 15.7 Å². The number of hydrogen-bond donors (Lipinski definition) is 1. The van der Waals surface area contributed by atoms with Gasteiger partial charge in [-0.1, -0.05) is 37.3 Å². The average Bonchev–Trinajstić information content (AvgIpc) is 3.00. The zero-order valence-electron chi connectivity index (χ0n) is 17.1. The Kier molecular flexibility index (Phi) is 5.82. The number of hydrogen-bond acceptors (Lipinski definition) is 3. The molecule has 0 saturated heterocycles. The van der Waals surface area contributed by atoms with Gasteiger partial charge >= 0.3 is 0 Å². The van der Waals surface area contributed by atoms with E-state index in [2.05, 4.69) is 53.7 Å². The number of nitrogens with zero attached hydrogens (tertiary/aromatic N) is 3. The Morgan fingerprint density at radius 3 is 2.25 bits per heavy atom. The minimum absolute atomic E-state index is 0.114. The molecular formula is C22H28N4OS. The van der Waals surface area contributed by atoms with Gasteiger partial charge in [-0.25, -0.2) is 4.21 Å². The number of nitrogens with two attached hydrogens (primary N) is 1. The van der Waals surface area contributed by atoms with E-state index in [1.807, 2.05) is 44.2 Å². The van der Waals surface area contributed by atoms with E-state index in [9.17, 15) is 4.21 Å². The van der Waals surface area contributed by atoms with E-state index in [4.69, 9.17) is 5.14 Å². The van der Waals surface area contributed by atoms with Crippen molar-refractivity contribution >= 4 is 11.0 Å². The molecule has 3 aromatic rings. The fraction of sp³-hybridized carbons (Fsp3) is 0.364. The summed E-state index contributed by atoms with van der Waals surface area (Å²) in [4.78, 5) is 0. The zero-order chi connectivity index (χ0) is 20.5. The smallest absolute Gasteiger partial charge is 0.160 e. The van der Waals surface area contributed by atoms with Crippen LogP contribution >= 0.6 is 0 Å². The molecule has 2 N–H and O–H groups in total. The number of rotatable bonds is 6. The third-order valence-corrected chi connectivity index (χ3v) is 6.49. The number of aryl methyl sites for hydroxylation is 2. The maximum absolute atomic E-state index is 12.0. The molecule has 6 heteroatoms. The van der Waals surface area contributed by atoms with Crippen LogP contribution in [0.15, 0.2) is 48.5 Å². The quantitative estimate of drug-likeness (QED) is 0.669. The first-order valence-electron chi connectivity index (χ1n) is 9.45. The van der Waals surface area contributed by atoms with Crippen molar-refractivity contribution in [3.8, 4) is 17.1 Å². The van der Waals surface area contributed by atoms with Crippen molar-refractivity contribution in [3.63, 3.8) is 0 Å². The highest BCUT2D eigenvalue weighted by Crippen LogP contribution is 2.34. The van der Waals surface area contributed by atoms with Gasteiger partial charge in [0, 0.05) is 17.0 Å². The van der Waals surface area contributed by atoms with Crippen LogP contribution in [0, 0.1) is 13.8 Å². The first-order valence-corrected chi connectivity index (χ1v) is 10.7. The van der Waals surface area contributed by atoms with E-state index in [0.717, 1.165) is 34.0 Å². The molecule has 0 amide bonds. The van der Waals surface area contributed by atoms with Gasteiger partial charge in [-0.05, 0) is 63.8 Å². The highest BCUT2D eigenvalue weighted by molar-refractivity contribution is 7.84. The summed E-state index contributed by atoms with van der Waals surface area (Å²) in [7, 11) is -1.40. The lowest BCUT2D eigenvalue weighted by molar-refractivity contribution is 0.539. The Labute approximate surface area is 169 Å². The molecule has 0 aliphatic rings. The third-order valence-electron chi connectivity index (χ3n) is 5.23. The van der Waals surface area contributed by atoms with Crippen LogP contribution in [0.2, 0.25) is 0 Å². The molecule has 5 nitrogen and oxygen atoms in total. The molecule has 148 valence electrons. The van der Waals surface area contributed by atoms with Gasteiger partial charge in [0.1, 0.15) is 0 Å². The van der Waals surface area contributed by atoms with Crippen LogP contribution in [-0.4, -0.2) is 23.7 Å². The van der Waals surface area contributed by atoms with Crippen molar-refractivity contribution in [2.24, 2.45) is 5.14 Å². The van der Waals surface area contributed by atoms with Gasteiger partial charge in [0.15, 0.2) is 5.82 Å². The lowest BCUT2D eigenvalue weighted by Gasteiger charge is -2.26. The standard InChI is InChI=1S/C22H28N4OS/c1-15(14-22(4,5)28(23)27)19-13-20(26-16(2)11-12-17(26)3)24-25-21(19)18-9-7-6-8-10-18/h6-13,15H,14,23H2,1-5H3/t15-,28?/m0/s1. The van der Waals surface area contributed by atoms with Crippen LogP contribution < -0.4 is 5.14 Å². The van der Waals surface area contributed by atoms with Gasteiger partial charge in [-0.2, -0.15) is 0 Å². The lowest BCUT2D eigenvalue weighted by atomic mass is 9.89. The van der Waals surface area contributed by atoms with Crippen molar-refractivity contribution in [2.75, 3.05) is 0 Å². The van der Waals surface area contributed by atoms with Gasteiger partial charge in [0.25, 0.3) is 0 Å². The average molecular weight is 397 g/mol. The molecule has 1 unspecified atom stereocenters. The maximum Gasteiger partial charge on any atom is 0.160 e. The minimum Gasteiger partial charge on any atom is -0.302 e. The predicted octanol–water partition coefficient (Wildman–Crippen LogP) is 4.45. The second kappa shape index (κ2) is 7.97. The van der Waals surface area contributed by atoms with Crippen LogP contribution in [0.4, 0.5) is 0 Å². The SMILES string of the molecule is Cc1ccc(C)n1-c1cc([C@@H](C)CC(C)(C)S(N)=O)c(-c2ccccc2)nn1. The molecule has 0 aliphatic carbocycles. The van der Waals surface area contributed by atoms with Crippen LogP contribution in [0.3, 0.4) is 0 Å². The second-order valence-electron chi connectivity index (χ2n) is 7.99. The number of aromatic nitrogens is 3. The Bertz CT molecular complexity index is 976. The zero-order valence-corrected chi connectivity index (χ0v) is 18.0. The van der Waals surface area contributed by atoms with E-state index in [-0.39, 0.29) is 5.92 Å². The Morgan fingerprint density at radius 2 is 1.68 bits per heavy atom. The summed E-state index contributed by atoms with van der Waals surface area (Å²) in [5.74, 6) is 0.913. The number of benzene rings is 1. The summed E-state index contributed by atoms with van der Waals surface area (Å²) in [6, 6.07) is 16.3. The van der Waals surface area contributed by atoms with Gasteiger partial charge < -0.3 is 4.57 Å². The lowest BCUT2D eigenvalue weighted by Crippen LogP contribution is -2.33. The highest BCUT2D eigenvalue weighted by atomic mass is 32.2. The minimum atomic E-state index is -1.40. The van der Waals surface area contributed by atoms with Crippen LogP contribution in [0.25, 0.3) is 17.1 Å². The summed E-state index contributed by atoms with van der Waals surface area (Å²) in [6.07, 6.45) is 0.685. The van der Waals surface area contributed by atoms with E-state index in [0.29, 0.717) is 6.42 Å². The van der Waals surface area contributed by atoms with Gasteiger partial charge in [0.05, 0.1) is 21.4 Å². The first-order chi connectivity index (χ1) is 13.2. The fourth-order valence-corrected chi connectivity index (χ4v) is 4.07. The Morgan fingerprint density at radius 1 is 1.07 bits per heavy atom. The van der Waals surface area contributed by atoms with E-state index >= 15 is 0 Å². The molecule has 0 saturated carbocycles. The van der Waals surface area contributed by atoms with Crippen molar-refractivity contribution in [2.45, 2.75) is 51.7 Å². The summed E-state index contributed by atoms with van der Waals surface area (Å²) in [6.45, 7) is 10.1. The summed E-state index contributed by atoms with van der Waals surface area (Å²) in [5.41, 5.74) is 5.19. The molecular weight excluding hydrogens is 368 g/mol. The van der Waals surface area contributed by atoms with E-state index in [1.165, 1.54) is 0 Å². The second-order valence-corrected chi connectivity index (χ2v) is 9.69. The first kappa shape index (κ1) is 20.4. The summed E-state index contributed by atoms with van der Waals surface area (Å²) >= 11 is 0. The normalized spacial score (nSPS) is 14.1. The molecule has 28 heavy (non-hydrogen) atoms. The van der Waals surface area contributed by atoms with Gasteiger partial charge in [-0.3, -0.25) is 5.14 Å². The van der Waals surface area contributed by atoms with E-state index in [1.54, 1.807) is 0 Å². The largest absolute Gasteiger partial charge is 0.302 e. The summed E-state index contributed by atoms with van der Waals surface area (Å²) in [5, 5.41) is 14.9. The molecule has 0 spiro atoms. The maximum atomic E-state index is 12.0. The van der Waals surface area contributed by atoms with Gasteiger partial charge in [-0.15, -0.1) is 10.2 Å². The van der Waals surface area contributed by atoms with Crippen LogP contribution in [-0.2, 0) is 11.0 Å². The van der Waals surface area contributed by atoms with Crippen molar-refractivity contribution < 1.29 is 4.21 Å². The van der Waals surface area contributed by atoms with Crippen molar-refractivity contribution in [3.05, 3.63) is 65.5 Å². The van der Waals surface area contributed by atoms with Gasteiger partial charge in [0.2, 0.25) is 0 Å². The topological polar surface area (TPSA) is 73.8 Å². The predicted molar refractivity (Wildman–Crippen MR) is 116 cm³/mol. The molecule has 2 atom stereocenters. The summed E-state index contributed by atoms with van der Waals surface area (Å²) < 4.78 is 13.6. The molecule has 3 rings (SSSR count). The monoisotopic (exact) mass is 396 g/mol. The molecule has 2 heterocycles.